The maximum Gasteiger partial charge on any atom is 0.265 e. The number of halogens is 1. The zero-order valence-electron chi connectivity index (χ0n) is 15.1. The first-order valence-corrected chi connectivity index (χ1v) is 9.95. The molecule has 0 fully saturated rings. The highest BCUT2D eigenvalue weighted by molar-refractivity contribution is 7.92. The molecule has 0 radical (unpaired) electrons. The van der Waals surface area contributed by atoms with Crippen molar-refractivity contribution in [2.75, 3.05) is 16.2 Å². The molecule has 9 nitrogen and oxygen atoms in total. The minimum Gasteiger partial charge on any atom is -0.482 e. The summed E-state index contributed by atoms with van der Waals surface area (Å²) in [6, 6.07) is 9.06. The first-order valence-electron chi connectivity index (χ1n) is 8.46. The van der Waals surface area contributed by atoms with Gasteiger partial charge in [-0.15, -0.1) is 0 Å². The van der Waals surface area contributed by atoms with E-state index in [1.54, 1.807) is 6.92 Å². The molecule has 1 aliphatic heterocycles. The average Bonchev–Trinajstić information content (AvgIpc) is 3.10. The van der Waals surface area contributed by atoms with Crippen LogP contribution in [0.1, 0.15) is 11.7 Å². The number of ether oxygens (including phenoxy) is 1. The molecule has 1 aromatic heterocycles. The van der Waals surface area contributed by atoms with Crippen LogP contribution in [0.4, 0.5) is 15.8 Å². The number of benzene rings is 2. The van der Waals surface area contributed by atoms with E-state index >= 15 is 0 Å². The van der Waals surface area contributed by atoms with Crippen LogP contribution in [0.3, 0.4) is 0 Å². The number of rotatable bonds is 5. The molecule has 3 aromatic rings. The number of nitrogens with zero attached hydrogens (tertiary/aromatic N) is 3. The van der Waals surface area contributed by atoms with E-state index < -0.39 is 15.8 Å². The Labute approximate surface area is 165 Å². The number of hydrogen-bond donors (Lipinski definition) is 1. The summed E-state index contributed by atoms with van der Waals surface area (Å²) in [6.07, 6.45) is 0. The second kappa shape index (κ2) is 7.17. The van der Waals surface area contributed by atoms with Crippen molar-refractivity contribution >= 4 is 27.3 Å². The zero-order valence-corrected chi connectivity index (χ0v) is 15.9. The van der Waals surface area contributed by atoms with Crippen LogP contribution < -0.4 is 14.4 Å². The highest BCUT2D eigenvalue weighted by Gasteiger charge is 2.29. The van der Waals surface area contributed by atoms with E-state index in [1.807, 2.05) is 0 Å². The Morgan fingerprint density at radius 3 is 2.66 bits per heavy atom. The molecule has 0 spiro atoms. The first-order chi connectivity index (χ1) is 13.8. The number of aryl methyl sites for hydroxylation is 1. The van der Waals surface area contributed by atoms with Crippen LogP contribution in [0.15, 0.2) is 51.9 Å². The lowest BCUT2D eigenvalue weighted by atomic mass is 10.2. The predicted molar refractivity (Wildman–Crippen MR) is 99.4 cm³/mol. The molecule has 1 aliphatic rings. The minimum atomic E-state index is -3.99. The molecule has 1 amide bonds. The van der Waals surface area contributed by atoms with Gasteiger partial charge in [-0.05, 0) is 42.5 Å². The molecule has 0 atom stereocenters. The van der Waals surface area contributed by atoms with Crippen LogP contribution >= 0.6 is 0 Å². The fourth-order valence-electron chi connectivity index (χ4n) is 2.80. The number of anilines is 2. The number of carbonyl (C=O) groups excluding carboxylic acids is 1. The molecule has 2 heterocycles. The van der Waals surface area contributed by atoms with Crippen molar-refractivity contribution in [1.29, 1.82) is 0 Å². The topological polar surface area (TPSA) is 115 Å². The average molecular weight is 418 g/mol. The van der Waals surface area contributed by atoms with Crippen molar-refractivity contribution < 1.29 is 26.9 Å². The van der Waals surface area contributed by atoms with Gasteiger partial charge in [-0.2, -0.15) is 4.98 Å². The highest BCUT2D eigenvalue weighted by atomic mass is 32.2. The van der Waals surface area contributed by atoms with Gasteiger partial charge in [0.2, 0.25) is 5.89 Å². The summed E-state index contributed by atoms with van der Waals surface area (Å²) in [5.74, 6) is 0.124. The summed E-state index contributed by atoms with van der Waals surface area (Å²) >= 11 is 0. The van der Waals surface area contributed by atoms with Gasteiger partial charge >= 0.3 is 0 Å². The van der Waals surface area contributed by atoms with Crippen molar-refractivity contribution in [3.8, 4) is 5.75 Å². The van der Waals surface area contributed by atoms with Crippen LogP contribution in [0.25, 0.3) is 0 Å². The molecule has 4 rings (SSSR count). The summed E-state index contributed by atoms with van der Waals surface area (Å²) in [5.41, 5.74) is 0.473. The van der Waals surface area contributed by atoms with Crippen LogP contribution in [-0.4, -0.2) is 31.1 Å². The third-order valence-electron chi connectivity index (χ3n) is 4.15. The molecule has 0 aliphatic carbocycles. The second-order valence-electron chi connectivity index (χ2n) is 6.24. The Morgan fingerprint density at radius 2 is 1.97 bits per heavy atom. The monoisotopic (exact) mass is 418 g/mol. The Morgan fingerprint density at radius 1 is 1.21 bits per heavy atom. The lowest BCUT2D eigenvalue weighted by Gasteiger charge is -2.28. The summed E-state index contributed by atoms with van der Waals surface area (Å²) in [4.78, 5) is 17.7. The standard InChI is InChI=1S/C18H15FN4O5S/c1-11-20-17(21-28-11)9-23-15-8-14(6-7-16(15)27-10-18(23)24)29(25,26)22-13-4-2-12(19)3-5-13/h2-8,22H,9-10H2,1H3. The van der Waals surface area contributed by atoms with Gasteiger partial charge in [0, 0.05) is 12.6 Å². The van der Waals surface area contributed by atoms with E-state index in [-0.39, 0.29) is 41.2 Å². The summed E-state index contributed by atoms with van der Waals surface area (Å²) < 4.78 is 51.2. The van der Waals surface area contributed by atoms with E-state index in [4.69, 9.17) is 9.26 Å². The smallest absolute Gasteiger partial charge is 0.265 e. The molecule has 150 valence electrons. The van der Waals surface area contributed by atoms with Gasteiger partial charge < -0.3 is 9.26 Å². The first kappa shape index (κ1) is 18.9. The van der Waals surface area contributed by atoms with Crippen molar-refractivity contribution in [2.24, 2.45) is 0 Å². The molecule has 11 heteroatoms. The maximum absolute atomic E-state index is 13.0. The zero-order chi connectivity index (χ0) is 20.6. The Bertz CT molecular complexity index is 1180. The quantitative estimate of drug-likeness (QED) is 0.676. The SMILES string of the molecule is Cc1nc(CN2C(=O)COc3ccc(S(=O)(=O)Nc4ccc(F)cc4)cc32)no1. The fraction of sp³-hybridized carbons (Fsp3) is 0.167. The molecular weight excluding hydrogens is 403 g/mol. The largest absolute Gasteiger partial charge is 0.482 e. The summed E-state index contributed by atoms with van der Waals surface area (Å²) in [7, 11) is -3.99. The minimum absolute atomic E-state index is 0.00141. The molecule has 1 N–H and O–H groups in total. The predicted octanol–water partition coefficient (Wildman–Crippen LogP) is 2.24. The number of hydrogen-bond acceptors (Lipinski definition) is 7. The van der Waals surface area contributed by atoms with Gasteiger partial charge in [0.05, 0.1) is 17.1 Å². The molecule has 2 aromatic carbocycles. The van der Waals surface area contributed by atoms with Crippen LogP contribution in [0.2, 0.25) is 0 Å². The van der Waals surface area contributed by atoms with Gasteiger partial charge in [-0.1, -0.05) is 5.16 Å². The Hall–Kier alpha value is -3.47. The summed E-state index contributed by atoms with van der Waals surface area (Å²) in [6.45, 7) is 1.43. The molecule has 0 saturated heterocycles. The molecular formula is C18H15FN4O5S. The lowest BCUT2D eigenvalue weighted by Crippen LogP contribution is -2.38. The summed E-state index contributed by atoms with van der Waals surface area (Å²) in [5, 5.41) is 3.77. The van der Waals surface area contributed by atoms with Gasteiger partial charge in [-0.25, -0.2) is 12.8 Å². The number of carbonyl (C=O) groups is 1. The fourth-order valence-corrected chi connectivity index (χ4v) is 3.88. The number of amides is 1. The van der Waals surface area contributed by atoms with Gasteiger partial charge in [0.1, 0.15) is 11.6 Å². The normalized spacial score (nSPS) is 13.7. The van der Waals surface area contributed by atoms with Crippen LogP contribution in [-0.2, 0) is 21.4 Å². The van der Waals surface area contributed by atoms with Crippen LogP contribution in [0.5, 0.6) is 5.75 Å². The van der Waals surface area contributed by atoms with E-state index in [9.17, 15) is 17.6 Å². The van der Waals surface area contributed by atoms with Gasteiger partial charge in [0.25, 0.3) is 15.9 Å². The van der Waals surface area contributed by atoms with Gasteiger partial charge in [0.15, 0.2) is 12.4 Å². The van der Waals surface area contributed by atoms with Crippen molar-refractivity contribution in [2.45, 2.75) is 18.4 Å². The molecule has 0 unspecified atom stereocenters. The number of sulfonamides is 1. The molecule has 29 heavy (non-hydrogen) atoms. The number of aromatic nitrogens is 2. The molecule has 0 saturated carbocycles. The van der Waals surface area contributed by atoms with E-state index in [1.165, 1.54) is 35.2 Å². The van der Waals surface area contributed by atoms with E-state index in [0.717, 1.165) is 12.1 Å². The third-order valence-corrected chi connectivity index (χ3v) is 5.53. The number of fused-ring (bicyclic) bond motifs is 1. The Kier molecular flexibility index (Phi) is 4.66. The van der Waals surface area contributed by atoms with Crippen molar-refractivity contribution in [3.05, 3.63) is 60.0 Å². The van der Waals surface area contributed by atoms with Crippen LogP contribution in [0, 0.1) is 12.7 Å². The molecule has 0 bridgehead atoms. The van der Waals surface area contributed by atoms with Gasteiger partial charge in [-0.3, -0.25) is 14.4 Å². The third kappa shape index (κ3) is 3.90. The van der Waals surface area contributed by atoms with E-state index in [2.05, 4.69) is 14.9 Å². The van der Waals surface area contributed by atoms with Crippen molar-refractivity contribution in [1.82, 2.24) is 10.1 Å². The highest BCUT2D eigenvalue weighted by Crippen LogP contribution is 2.35. The second-order valence-corrected chi connectivity index (χ2v) is 7.92. The number of nitrogens with one attached hydrogen (secondary N) is 1. The van der Waals surface area contributed by atoms with E-state index in [0.29, 0.717) is 11.6 Å². The van der Waals surface area contributed by atoms with Crippen molar-refractivity contribution in [3.63, 3.8) is 0 Å². The lowest BCUT2D eigenvalue weighted by molar-refractivity contribution is -0.121. The Balaban J connectivity index is 1.67. The maximum atomic E-state index is 13.0.